The maximum atomic E-state index is 12.5. The fraction of sp³-hybridized carbons (Fsp3) is 0.611. The van der Waals surface area contributed by atoms with Crippen molar-refractivity contribution in [2.75, 3.05) is 7.11 Å². The molecule has 0 saturated heterocycles. The zero-order valence-corrected chi connectivity index (χ0v) is 13.2. The third-order valence-corrected chi connectivity index (χ3v) is 4.61. The van der Waals surface area contributed by atoms with E-state index in [1.165, 1.54) is 31.9 Å². The van der Waals surface area contributed by atoms with Gasteiger partial charge in [-0.1, -0.05) is 56.5 Å². The quantitative estimate of drug-likeness (QED) is 0.815. The lowest BCUT2D eigenvalue weighted by Gasteiger charge is -2.37. The highest BCUT2D eigenvalue weighted by Crippen LogP contribution is 2.25. The van der Waals surface area contributed by atoms with E-state index in [-0.39, 0.29) is 5.97 Å². The molecule has 21 heavy (non-hydrogen) atoms. The molecule has 1 aromatic rings. The molecule has 0 heterocycles. The zero-order valence-electron chi connectivity index (χ0n) is 13.2. The van der Waals surface area contributed by atoms with Crippen molar-refractivity contribution < 1.29 is 9.53 Å². The molecular weight excluding hydrogens is 262 g/mol. The van der Waals surface area contributed by atoms with E-state index in [4.69, 9.17) is 4.74 Å². The Hall–Kier alpha value is -1.35. The fourth-order valence-electron chi connectivity index (χ4n) is 3.33. The van der Waals surface area contributed by atoms with Crippen molar-refractivity contribution in [3.05, 3.63) is 35.9 Å². The molecular formula is C18H27NO2. The van der Waals surface area contributed by atoms with Crippen LogP contribution in [-0.2, 0) is 16.0 Å². The molecule has 0 amide bonds. The van der Waals surface area contributed by atoms with Crippen molar-refractivity contribution in [1.29, 1.82) is 0 Å². The highest BCUT2D eigenvalue weighted by molar-refractivity contribution is 5.81. The van der Waals surface area contributed by atoms with Crippen molar-refractivity contribution in [2.45, 2.75) is 63.5 Å². The lowest BCUT2D eigenvalue weighted by atomic mass is 9.85. The Kier molecular flexibility index (Phi) is 5.80. The molecule has 0 aliphatic heterocycles. The van der Waals surface area contributed by atoms with Crippen LogP contribution in [0.2, 0.25) is 0 Å². The summed E-state index contributed by atoms with van der Waals surface area (Å²) in [7, 11) is 1.49. The average Bonchev–Trinajstić information content (AvgIpc) is 2.55. The van der Waals surface area contributed by atoms with Crippen LogP contribution in [0.5, 0.6) is 0 Å². The lowest BCUT2D eigenvalue weighted by Crippen LogP contribution is -2.58. The predicted octanol–water partition coefficient (Wildman–Crippen LogP) is 3.47. The van der Waals surface area contributed by atoms with Gasteiger partial charge in [0.1, 0.15) is 5.54 Å². The Morgan fingerprint density at radius 3 is 2.48 bits per heavy atom. The number of esters is 1. The van der Waals surface area contributed by atoms with E-state index in [1.807, 2.05) is 18.2 Å². The van der Waals surface area contributed by atoms with Crippen molar-refractivity contribution in [1.82, 2.24) is 5.32 Å². The van der Waals surface area contributed by atoms with Crippen LogP contribution >= 0.6 is 0 Å². The van der Waals surface area contributed by atoms with Crippen LogP contribution in [-0.4, -0.2) is 24.7 Å². The Balaban J connectivity index is 2.17. The number of hydrogen-bond donors (Lipinski definition) is 1. The monoisotopic (exact) mass is 289 g/mol. The molecule has 1 unspecified atom stereocenters. The van der Waals surface area contributed by atoms with Crippen molar-refractivity contribution in [3.63, 3.8) is 0 Å². The molecule has 0 spiro atoms. The first-order valence-electron chi connectivity index (χ1n) is 8.10. The second-order valence-corrected chi connectivity index (χ2v) is 6.07. The molecule has 1 N–H and O–H groups in total. The van der Waals surface area contributed by atoms with Crippen LogP contribution < -0.4 is 5.32 Å². The summed E-state index contributed by atoms with van der Waals surface area (Å²) in [6, 6.07) is 10.6. The number of nitrogens with one attached hydrogen (secondary N) is 1. The van der Waals surface area contributed by atoms with Crippen molar-refractivity contribution in [2.24, 2.45) is 0 Å². The fourth-order valence-corrected chi connectivity index (χ4v) is 3.33. The molecule has 0 radical (unpaired) electrons. The van der Waals surface area contributed by atoms with E-state index in [2.05, 4.69) is 24.4 Å². The minimum Gasteiger partial charge on any atom is -0.468 e. The zero-order chi connectivity index (χ0) is 15.1. The average molecular weight is 289 g/mol. The van der Waals surface area contributed by atoms with E-state index >= 15 is 0 Å². The summed E-state index contributed by atoms with van der Waals surface area (Å²) in [4.78, 5) is 12.5. The molecule has 0 bridgehead atoms. The minimum absolute atomic E-state index is 0.139. The summed E-state index contributed by atoms with van der Waals surface area (Å²) in [5.74, 6) is -0.139. The van der Waals surface area contributed by atoms with Gasteiger partial charge in [0.15, 0.2) is 0 Å². The third kappa shape index (κ3) is 4.07. The molecule has 2 rings (SSSR count). The van der Waals surface area contributed by atoms with Gasteiger partial charge in [0, 0.05) is 12.5 Å². The lowest BCUT2D eigenvalue weighted by molar-refractivity contribution is -0.149. The molecule has 1 aliphatic rings. The largest absolute Gasteiger partial charge is 0.468 e. The number of hydrogen-bond acceptors (Lipinski definition) is 3. The van der Waals surface area contributed by atoms with Gasteiger partial charge in [-0.15, -0.1) is 0 Å². The topological polar surface area (TPSA) is 38.3 Å². The molecule has 0 aromatic heterocycles. The highest BCUT2D eigenvalue weighted by Gasteiger charge is 2.39. The number of ether oxygens (including phenoxy) is 1. The van der Waals surface area contributed by atoms with Gasteiger partial charge in [0.25, 0.3) is 0 Å². The molecule has 1 fully saturated rings. The Labute approximate surface area is 128 Å². The molecule has 3 heteroatoms. The van der Waals surface area contributed by atoms with Crippen LogP contribution in [0.3, 0.4) is 0 Å². The molecule has 1 aliphatic carbocycles. The molecule has 1 saturated carbocycles. The van der Waals surface area contributed by atoms with Crippen LogP contribution in [0.4, 0.5) is 0 Å². The SMILES string of the molecule is CCC(Cc1ccccc1)(NC1CCCCC1)C(=O)OC. The van der Waals surface area contributed by atoms with E-state index < -0.39 is 5.54 Å². The van der Waals surface area contributed by atoms with Gasteiger partial charge < -0.3 is 4.74 Å². The van der Waals surface area contributed by atoms with Gasteiger partial charge in [0.05, 0.1) is 7.11 Å². The second-order valence-electron chi connectivity index (χ2n) is 6.07. The van der Waals surface area contributed by atoms with Gasteiger partial charge >= 0.3 is 5.97 Å². The first kappa shape index (κ1) is 16.0. The van der Waals surface area contributed by atoms with Gasteiger partial charge in [0.2, 0.25) is 0 Å². The Morgan fingerprint density at radius 1 is 1.24 bits per heavy atom. The normalized spacial score (nSPS) is 19.0. The molecule has 1 aromatic carbocycles. The maximum Gasteiger partial charge on any atom is 0.326 e. The van der Waals surface area contributed by atoms with Crippen LogP contribution in [0.1, 0.15) is 51.0 Å². The van der Waals surface area contributed by atoms with Crippen molar-refractivity contribution in [3.8, 4) is 0 Å². The standard InChI is InChI=1S/C18H27NO2/c1-3-18(17(20)21-2,14-15-10-6-4-7-11-15)19-16-12-8-5-9-13-16/h4,6-7,10-11,16,19H,3,5,8-9,12-14H2,1-2H3. The smallest absolute Gasteiger partial charge is 0.326 e. The summed E-state index contributed by atoms with van der Waals surface area (Å²) in [6.07, 6.45) is 7.57. The first-order valence-corrected chi connectivity index (χ1v) is 8.10. The summed E-state index contributed by atoms with van der Waals surface area (Å²) < 4.78 is 5.12. The van der Waals surface area contributed by atoms with Crippen molar-refractivity contribution >= 4 is 5.97 Å². The number of benzene rings is 1. The number of methoxy groups -OCH3 is 1. The van der Waals surface area contributed by atoms with E-state index in [9.17, 15) is 4.79 Å². The Bertz CT molecular complexity index is 440. The van der Waals surface area contributed by atoms with Gasteiger partial charge in [-0.25, -0.2) is 0 Å². The van der Waals surface area contributed by atoms with E-state index in [0.29, 0.717) is 12.5 Å². The highest BCUT2D eigenvalue weighted by atomic mass is 16.5. The Morgan fingerprint density at radius 2 is 1.90 bits per heavy atom. The van der Waals surface area contributed by atoms with Crippen LogP contribution in [0.25, 0.3) is 0 Å². The summed E-state index contributed by atoms with van der Waals surface area (Å²) >= 11 is 0. The summed E-state index contributed by atoms with van der Waals surface area (Å²) in [5.41, 5.74) is 0.575. The van der Waals surface area contributed by atoms with Gasteiger partial charge in [-0.2, -0.15) is 0 Å². The number of carbonyl (C=O) groups is 1. The van der Waals surface area contributed by atoms with E-state index in [0.717, 1.165) is 19.3 Å². The summed E-state index contributed by atoms with van der Waals surface area (Å²) in [5, 5.41) is 3.64. The molecule has 1 atom stereocenters. The number of rotatable bonds is 6. The maximum absolute atomic E-state index is 12.5. The van der Waals surface area contributed by atoms with Crippen LogP contribution in [0, 0.1) is 0 Å². The van der Waals surface area contributed by atoms with Crippen LogP contribution in [0.15, 0.2) is 30.3 Å². The van der Waals surface area contributed by atoms with Gasteiger partial charge in [-0.3, -0.25) is 10.1 Å². The molecule has 3 nitrogen and oxygen atoms in total. The molecule has 116 valence electrons. The first-order chi connectivity index (χ1) is 10.2. The minimum atomic E-state index is -0.599. The second kappa shape index (κ2) is 7.60. The third-order valence-electron chi connectivity index (χ3n) is 4.61. The van der Waals surface area contributed by atoms with Gasteiger partial charge in [-0.05, 0) is 24.8 Å². The summed E-state index contributed by atoms with van der Waals surface area (Å²) in [6.45, 7) is 2.07. The van der Waals surface area contributed by atoms with E-state index in [1.54, 1.807) is 0 Å². The predicted molar refractivity (Wildman–Crippen MR) is 85.2 cm³/mol. The number of carbonyl (C=O) groups excluding carboxylic acids is 1.